The van der Waals surface area contributed by atoms with Gasteiger partial charge >= 0.3 is 0 Å². The van der Waals surface area contributed by atoms with Crippen molar-refractivity contribution in [3.63, 3.8) is 0 Å². The smallest absolute Gasteiger partial charge is 0.229 e. The standard InChI is InChI=1S/C21H20ClFN6S/c1-13-11-14(2)26-20(25-13)28-19(24-12-15-5-3-4-6-18(15)22)29-21(30)27-17-9-7-16(23)8-10-17/h3-11H,12H2,1-2H3,(H3,24,25,26,27,28,29,30). The van der Waals surface area contributed by atoms with Crippen molar-refractivity contribution < 1.29 is 4.39 Å². The Bertz CT molecular complexity index is 1050. The molecule has 0 aliphatic carbocycles. The lowest BCUT2D eigenvalue weighted by atomic mass is 10.2. The van der Waals surface area contributed by atoms with Gasteiger partial charge in [-0.2, -0.15) is 0 Å². The number of nitrogens with one attached hydrogen (secondary N) is 3. The Balaban J connectivity index is 1.78. The molecule has 0 amide bonds. The first-order valence-electron chi connectivity index (χ1n) is 9.10. The zero-order chi connectivity index (χ0) is 21.5. The Labute approximate surface area is 184 Å². The van der Waals surface area contributed by atoms with E-state index in [1.807, 2.05) is 38.1 Å². The van der Waals surface area contributed by atoms with Gasteiger partial charge in [0, 0.05) is 22.1 Å². The second-order valence-electron chi connectivity index (χ2n) is 6.44. The number of anilines is 2. The zero-order valence-electron chi connectivity index (χ0n) is 16.4. The minimum Gasteiger partial charge on any atom is -0.332 e. The van der Waals surface area contributed by atoms with Gasteiger partial charge in [-0.05, 0) is 68.0 Å². The van der Waals surface area contributed by atoms with Gasteiger partial charge in [0.15, 0.2) is 5.11 Å². The van der Waals surface area contributed by atoms with Crippen LogP contribution < -0.4 is 16.0 Å². The summed E-state index contributed by atoms with van der Waals surface area (Å²) in [5.41, 5.74) is 3.14. The molecule has 1 heterocycles. The van der Waals surface area contributed by atoms with Crippen LogP contribution in [-0.2, 0) is 6.54 Å². The van der Waals surface area contributed by atoms with E-state index >= 15 is 0 Å². The Morgan fingerprint density at radius 3 is 2.37 bits per heavy atom. The molecule has 0 fully saturated rings. The largest absolute Gasteiger partial charge is 0.332 e. The number of hydrogen-bond acceptors (Lipinski definition) is 4. The van der Waals surface area contributed by atoms with Crippen LogP contribution in [0.3, 0.4) is 0 Å². The first kappa shape index (κ1) is 21.6. The summed E-state index contributed by atoms with van der Waals surface area (Å²) in [5, 5.41) is 9.94. The molecule has 0 saturated carbocycles. The highest BCUT2D eigenvalue weighted by atomic mass is 35.5. The Hall–Kier alpha value is -3.10. The number of hydrogen-bond donors (Lipinski definition) is 3. The highest BCUT2D eigenvalue weighted by Gasteiger charge is 2.08. The fraction of sp³-hybridized carbons (Fsp3) is 0.143. The second kappa shape index (κ2) is 10.1. The molecule has 3 N–H and O–H groups in total. The average molecular weight is 443 g/mol. The van der Waals surface area contributed by atoms with Crippen molar-refractivity contribution in [3.8, 4) is 0 Å². The summed E-state index contributed by atoms with van der Waals surface area (Å²) in [6.45, 7) is 4.09. The van der Waals surface area contributed by atoms with Crippen LogP contribution >= 0.6 is 23.8 Å². The second-order valence-corrected chi connectivity index (χ2v) is 7.26. The predicted molar refractivity (Wildman–Crippen MR) is 123 cm³/mol. The molecule has 3 aromatic rings. The number of halogens is 2. The van der Waals surface area contributed by atoms with Crippen LogP contribution in [0.2, 0.25) is 5.02 Å². The van der Waals surface area contributed by atoms with Crippen LogP contribution in [0.4, 0.5) is 16.0 Å². The number of thiocarbonyl (C=S) groups is 1. The summed E-state index contributed by atoms with van der Waals surface area (Å²) >= 11 is 11.6. The summed E-state index contributed by atoms with van der Waals surface area (Å²) < 4.78 is 13.1. The molecule has 6 nitrogen and oxygen atoms in total. The number of aromatic nitrogens is 2. The van der Waals surface area contributed by atoms with E-state index in [-0.39, 0.29) is 10.9 Å². The number of nitrogens with zero attached hydrogens (tertiary/aromatic N) is 3. The minimum atomic E-state index is -0.324. The van der Waals surface area contributed by atoms with E-state index in [1.165, 1.54) is 12.1 Å². The molecule has 0 saturated heterocycles. The highest BCUT2D eigenvalue weighted by molar-refractivity contribution is 7.80. The zero-order valence-corrected chi connectivity index (χ0v) is 18.0. The van der Waals surface area contributed by atoms with Gasteiger partial charge in [-0.1, -0.05) is 29.8 Å². The van der Waals surface area contributed by atoms with Crippen molar-refractivity contribution >= 4 is 46.5 Å². The van der Waals surface area contributed by atoms with Gasteiger partial charge in [0.2, 0.25) is 11.9 Å². The number of benzene rings is 2. The lowest BCUT2D eigenvalue weighted by Gasteiger charge is -2.14. The van der Waals surface area contributed by atoms with Crippen LogP contribution in [0, 0.1) is 19.7 Å². The normalized spacial score (nSPS) is 11.1. The third-order valence-electron chi connectivity index (χ3n) is 3.91. The number of aryl methyl sites for hydroxylation is 2. The van der Waals surface area contributed by atoms with E-state index in [4.69, 9.17) is 23.8 Å². The van der Waals surface area contributed by atoms with Gasteiger partial charge in [0.25, 0.3) is 0 Å². The molecule has 0 spiro atoms. The summed E-state index contributed by atoms with van der Waals surface area (Å²) in [6, 6.07) is 15.2. The molecule has 0 aliphatic heterocycles. The first-order valence-corrected chi connectivity index (χ1v) is 9.88. The third kappa shape index (κ3) is 6.47. The first-order chi connectivity index (χ1) is 14.4. The quantitative estimate of drug-likeness (QED) is 0.305. The maximum atomic E-state index is 13.1. The van der Waals surface area contributed by atoms with Gasteiger partial charge in [-0.25, -0.2) is 19.4 Å². The molecule has 2 aromatic carbocycles. The molecule has 30 heavy (non-hydrogen) atoms. The topological polar surface area (TPSA) is 74.2 Å². The van der Waals surface area contributed by atoms with Crippen LogP contribution in [0.15, 0.2) is 59.6 Å². The maximum absolute atomic E-state index is 13.1. The van der Waals surface area contributed by atoms with Crippen molar-refractivity contribution in [2.75, 3.05) is 10.6 Å². The number of guanidine groups is 1. The van der Waals surface area contributed by atoms with Crippen molar-refractivity contribution in [3.05, 3.63) is 82.4 Å². The average Bonchev–Trinajstić information content (AvgIpc) is 2.68. The van der Waals surface area contributed by atoms with E-state index < -0.39 is 0 Å². The molecule has 0 atom stereocenters. The molecule has 9 heteroatoms. The molecule has 0 bridgehead atoms. The fourth-order valence-electron chi connectivity index (χ4n) is 2.59. The van der Waals surface area contributed by atoms with Crippen molar-refractivity contribution in [1.82, 2.24) is 15.3 Å². The van der Waals surface area contributed by atoms with E-state index in [0.717, 1.165) is 17.0 Å². The minimum absolute atomic E-state index is 0.274. The van der Waals surface area contributed by atoms with Crippen LogP contribution in [0.5, 0.6) is 0 Å². The summed E-state index contributed by atoms with van der Waals surface area (Å²) in [7, 11) is 0. The van der Waals surface area contributed by atoms with Gasteiger partial charge in [-0.3, -0.25) is 5.32 Å². The van der Waals surface area contributed by atoms with Crippen LogP contribution in [-0.4, -0.2) is 21.0 Å². The summed E-state index contributed by atoms with van der Waals surface area (Å²) in [5.74, 6) is 0.414. The fourth-order valence-corrected chi connectivity index (χ4v) is 3.00. The van der Waals surface area contributed by atoms with E-state index in [2.05, 4.69) is 30.9 Å². The summed E-state index contributed by atoms with van der Waals surface area (Å²) in [6.07, 6.45) is 0. The van der Waals surface area contributed by atoms with Gasteiger partial charge in [-0.15, -0.1) is 0 Å². The Morgan fingerprint density at radius 1 is 1.03 bits per heavy atom. The molecule has 0 radical (unpaired) electrons. The lowest BCUT2D eigenvalue weighted by Crippen LogP contribution is -2.39. The Morgan fingerprint density at radius 2 is 1.70 bits per heavy atom. The molecular formula is C21H20ClFN6S. The molecule has 154 valence electrons. The van der Waals surface area contributed by atoms with Crippen molar-refractivity contribution in [1.29, 1.82) is 0 Å². The number of rotatable bonds is 4. The molecule has 1 aromatic heterocycles. The molecule has 3 rings (SSSR count). The monoisotopic (exact) mass is 442 g/mol. The van der Waals surface area contributed by atoms with E-state index in [0.29, 0.717) is 29.2 Å². The number of aliphatic imine (C=N–C) groups is 1. The van der Waals surface area contributed by atoms with Crippen molar-refractivity contribution in [2.24, 2.45) is 4.99 Å². The third-order valence-corrected chi connectivity index (χ3v) is 4.48. The van der Waals surface area contributed by atoms with Crippen LogP contribution in [0.1, 0.15) is 17.0 Å². The van der Waals surface area contributed by atoms with Gasteiger partial charge in [0.1, 0.15) is 5.82 Å². The predicted octanol–water partition coefficient (Wildman–Crippen LogP) is 4.84. The van der Waals surface area contributed by atoms with Gasteiger partial charge in [0.05, 0.1) is 6.54 Å². The Kier molecular flexibility index (Phi) is 7.26. The SMILES string of the molecule is Cc1cc(C)nc(NC(=NCc2ccccc2Cl)NC(=S)Nc2ccc(F)cc2)n1. The maximum Gasteiger partial charge on any atom is 0.229 e. The molecule has 0 aliphatic rings. The lowest BCUT2D eigenvalue weighted by molar-refractivity contribution is 0.628. The highest BCUT2D eigenvalue weighted by Crippen LogP contribution is 2.16. The van der Waals surface area contributed by atoms with E-state index in [1.54, 1.807) is 18.2 Å². The van der Waals surface area contributed by atoms with Crippen LogP contribution in [0.25, 0.3) is 0 Å². The molecule has 0 unspecified atom stereocenters. The molecular weight excluding hydrogens is 423 g/mol. The van der Waals surface area contributed by atoms with Crippen molar-refractivity contribution in [2.45, 2.75) is 20.4 Å². The summed E-state index contributed by atoms with van der Waals surface area (Å²) in [4.78, 5) is 13.3. The van der Waals surface area contributed by atoms with Gasteiger partial charge < -0.3 is 10.6 Å². The van der Waals surface area contributed by atoms with E-state index in [9.17, 15) is 4.39 Å².